The van der Waals surface area contributed by atoms with Crippen molar-refractivity contribution in [2.75, 3.05) is 13.2 Å². The van der Waals surface area contributed by atoms with Crippen molar-refractivity contribution >= 4 is 21.8 Å². The zero-order chi connectivity index (χ0) is 9.97. The predicted octanol–water partition coefficient (Wildman–Crippen LogP) is 1.02. The average molecular weight is 258 g/mol. The third-order valence-corrected chi connectivity index (χ3v) is 2.43. The Morgan fingerprint density at radius 2 is 2.50 bits per heavy atom. The molecule has 1 aromatic heterocycles. The number of aromatic nitrogens is 2. The second-order valence-corrected chi connectivity index (χ2v) is 3.67. The fraction of sp³-hybridized carbons (Fsp3) is 0.375. The molecule has 1 aliphatic rings. The van der Waals surface area contributed by atoms with E-state index in [4.69, 9.17) is 4.84 Å². The van der Waals surface area contributed by atoms with Gasteiger partial charge in [0.2, 0.25) is 0 Å². The molecule has 0 bridgehead atoms. The van der Waals surface area contributed by atoms with Gasteiger partial charge in [-0.05, 0) is 22.4 Å². The minimum atomic E-state index is -0.225. The molecular formula is C8H8BrN3O2. The van der Waals surface area contributed by atoms with Gasteiger partial charge in [0.15, 0.2) is 0 Å². The number of hydrogen-bond donors (Lipinski definition) is 0. The Kier molecular flexibility index (Phi) is 2.74. The normalized spacial score (nSPS) is 15.9. The molecule has 0 spiro atoms. The van der Waals surface area contributed by atoms with Crippen molar-refractivity contribution in [2.24, 2.45) is 0 Å². The van der Waals surface area contributed by atoms with Crippen LogP contribution in [0.15, 0.2) is 17.0 Å². The van der Waals surface area contributed by atoms with Crippen molar-refractivity contribution in [3.05, 3.63) is 22.7 Å². The lowest BCUT2D eigenvalue weighted by Gasteiger charge is -2.13. The number of amides is 1. The van der Waals surface area contributed by atoms with Crippen LogP contribution >= 0.6 is 15.9 Å². The summed E-state index contributed by atoms with van der Waals surface area (Å²) in [6.45, 7) is 1.21. The van der Waals surface area contributed by atoms with Crippen molar-refractivity contribution in [1.82, 2.24) is 15.0 Å². The molecule has 0 N–H and O–H groups in total. The SMILES string of the molecule is O=C(c1ncncc1Br)N1CCCO1. The molecule has 1 saturated heterocycles. The lowest BCUT2D eigenvalue weighted by molar-refractivity contribution is -0.0772. The molecule has 0 aliphatic carbocycles. The maximum absolute atomic E-state index is 11.7. The number of hydrogen-bond acceptors (Lipinski definition) is 4. The zero-order valence-electron chi connectivity index (χ0n) is 7.31. The van der Waals surface area contributed by atoms with Crippen LogP contribution in [0.2, 0.25) is 0 Å². The van der Waals surface area contributed by atoms with E-state index in [1.165, 1.54) is 17.6 Å². The first-order valence-electron chi connectivity index (χ1n) is 4.19. The molecule has 0 radical (unpaired) electrons. The molecule has 0 aromatic carbocycles. The largest absolute Gasteiger partial charge is 0.297 e. The first-order valence-corrected chi connectivity index (χ1v) is 4.98. The highest BCUT2D eigenvalue weighted by atomic mass is 79.9. The number of hydroxylamine groups is 2. The maximum atomic E-state index is 11.7. The van der Waals surface area contributed by atoms with E-state index in [-0.39, 0.29) is 5.91 Å². The summed E-state index contributed by atoms with van der Waals surface area (Å²) in [6.07, 6.45) is 3.75. The Morgan fingerprint density at radius 1 is 1.64 bits per heavy atom. The molecule has 2 heterocycles. The van der Waals surface area contributed by atoms with E-state index < -0.39 is 0 Å². The van der Waals surface area contributed by atoms with Gasteiger partial charge in [0.1, 0.15) is 12.0 Å². The Morgan fingerprint density at radius 3 is 3.14 bits per heavy atom. The molecule has 14 heavy (non-hydrogen) atoms. The van der Waals surface area contributed by atoms with Crippen LogP contribution in [0.5, 0.6) is 0 Å². The summed E-state index contributed by atoms with van der Waals surface area (Å²) in [5.74, 6) is -0.225. The van der Waals surface area contributed by atoms with Gasteiger partial charge >= 0.3 is 0 Å². The molecule has 74 valence electrons. The summed E-state index contributed by atoms with van der Waals surface area (Å²) in [7, 11) is 0. The van der Waals surface area contributed by atoms with Crippen molar-refractivity contribution in [3.8, 4) is 0 Å². The summed E-state index contributed by atoms with van der Waals surface area (Å²) >= 11 is 3.22. The van der Waals surface area contributed by atoms with E-state index in [1.54, 1.807) is 0 Å². The fourth-order valence-corrected chi connectivity index (χ4v) is 1.59. The van der Waals surface area contributed by atoms with Crippen molar-refractivity contribution < 1.29 is 9.63 Å². The third-order valence-electron chi connectivity index (χ3n) is 1.85. The summed E-state index contributed by atoms with van der Waals surface area (Å²) < 4.78 is 0.584. The zero-order valence-corrected chi connectivity index (χ0v) is 8.90. The smallest absolute Gasteiger partial charge is 0.271 e. The summed E-state index contributed by atoms with van der Waals surface area (Å²) in [6, 6.07) is 0. The monoisotopic (exact) mass is 257 g/mol. The Labute approximate surface area is 89.2 Å². The maximum Gasteiger partial charge on any atom is 0.297 e. The van der Waals surface area contributed by atoms with E-state index in [0.717, 1.165) is 6.42 Å². The lowest BCUT2D eigenvalue weighted by atomic mass is 10.3. The molecule has 1 amide bonds. The quantitative estimate of drug-likeness (QED) is 0.754. The molecule has 0 saturated carbocycles. The van der Waals surface area contributed by atoms with Gasteiger partial charge in [-0.25, -0.2) is 15.0 Å². The second kappa shape index (κ2) is 4.02. The highest BCUT2D eigenvalue weighted by molar-refractivity contribution is 9.10. The third kappa shape index (κ3) is 1.76. The molecule has 2 rings (SSSR count). The minimum Gasteiger partial charge on any atom is -0.271 e. The second-order valence-electron chi connectivity index (χ2n) is 2.81. The number of carbonyl (C=O) groups excluding carboxylic acids is 1. The topological polar surface area (TPSA) is 55.3 Å². The van der Waals surface area contributed by atoms with E-state index in [0.29, 0.717) is 23.3 Å². The van der Waals surface area contributed by atoms with Crippen molar-refractivity contribution in [2.45, 2.75) is 6.42 Å². The van der Waals surface area contributed by atoms with Crippen LogP contribution in [-0.4, -0.2) is 34.1 Å². The summed E-state index contributed by atoms with van der Waals surface area (Å²) in [5, 5.41) is 1.33. The van der Waals surface area contributed by atoms with E-state index in [2.05, 4.69) is 25.9 Å². The number of rotatable bonds is 1. The fourth-order valence-electron chi connectivity index (χ4n) is 1.20. The summed E-state index contributed by atoms with van der Waals surface area (Å²) in [5.41, 5.74) is 0.335. The first kappa shape index (κ1) is 9.54. The van der Waals surface area contributed by atoms with Gasteiger partial charge in [0.05, 0.1) is 17.6 Å². The van der Waals surface area contributed by atoms with Crippen LogP contribution in [0.1, 0.15) is 16.9 Å². The van der Waals surface area contributed by atoms with Gasteiger partial charge in [-0.3, -0.25) is 9.63 Å². The van der Waals surface area contributed by atoms with Gasteiger partial charge < -0.3 is 0 Å². The Bertz CT molecular complexity index is 352. The molecule has 1 fully saturated rings. The summed E-state index contributed by atoms with van der Waals surface area (Å²) in [4.78, 5) is 24.6. The van der Waals surface area contributed by atoms with Crippen molar-refractivity contribution in [3.63, 3.8) is 0 Å². The Hall–Kier alpha value is -1.01. The van der Waals surface area contributed by atoms with Crippen LogP contribution in [0, 0.1) is 0 Å². The molecule has 0 atom stereocenters. The number of nitrogens with zero attached hydrogens (tertiary/aromatic N) is 3. The highest BCUT2D eigenvalue weighted by Crippen LogP contribution is 2.16. The number of halogens is 1. The van der Waals surface area contributed by atoms with Crippen LogP contribution in [0.4, 0.5) is 0 Å². The van der Waals surface area contributed by atoms with Gasteiger partial charge in [0, 0.05) is 6.20 Å². The van der Waals surface area contributed by atoms with Crippen LogP contribution in [-0.2, 0) is 4.84 Å². The van der Waals surface area contributed by atoms with Crippen LogP contribution in [0.25, 0.3) is 0 Å². The molecular weight excluding hydrogens is 250 g/mol. The lowest BCUT2D eigenvalue weighted by Crippen LogP contribution is -2.27. The van der Waals surface area contributed by atoms with E-state index >= 15 is 0 Å². The molecule has 1 aromatic rings. The van der Waals surface area contributed by atoms with Crippen LogP contribution in [0.3, 0.4) is 0 Å². The highest BCUT2D eigenvalue weighted by Gasteiger charge is 2.23. The standard InChI is InChI=1S/C8H8BrN3O2/c9-6-4-10-5-11-7(6)8(13)12-2-1-3-14-12/h4-5H,1-3H2. The van der Waals surface area contributed by atoms with E-state index in [9.17, 15) is 4.79 Å². The molecule has 6 heteroatoms. The Balaban J connectivity index is 2.22. The number of carbonyl (C=O) groups is 1. The molecule has 0 unspecified atom stereocenters. The molecule has 5 nitrogen and oxygen atoms in total. The van der Waals surface area contributed by atoms with Gasteiger partial charge in [-0.2, -0.15) is 0 Å². The van der Waals surface area contributed by atoms with Gasteiger partial charge in [-0.15, -0.1) is 0 Å². The van der Waals surface area contributed by atoms with Gasteiger partial charge in [-0.1, -0.05) is 0 Å². The van der Waals surface area contributed by atoms with Gasteiger partial charge in [0.25, 0.3) is 5.91 Å². The van der Waals surface area contributed by atoms with Crippen molar-refractivity contribution in [1.29, 1.82) is 0 Å². The minimum absolute atomic E-state index is 0.225. The first-order chi connectivity index (χ1) is 6.79. The average Bonchev–Trinajstić information content (AvgIpc) is 2.70. The van der Waals surface area contributed by atoms with E-state index in [1.807, 2.05) is 0 Å². The molecule has 1 aliphatic heterocycles. The van der Waals surface area contributed by atoms with Crippen LogP contribution < -0.4 is 0 Å². The predicted molar refractivity (Wildman–Crippen MR) is 51.3 cm³/mol.